The first-order valence-electron chi connectivity index (χ1n) is 10.8. The Balaban J connectivity index is 1.68. The normalized spacial score (nSPS) is 14.5. The molecule has 33 heavy (non-hydrogen) atoms. The molecular formula is C25H30N2O6. The van der Waals surface area contributed by atoms with Gasteiger partial charge in [-0.05, 0) is 43.0 Å². The Morgan fingerprint density at radius 1 is 1.03 bits per heavy atom. The molecule has 3 N–H and O–H groups in total. The lowest BCUT2D eigenvalue weighted by Crippen LogP contribution is -2.57. The standard InChI is InChI=1S/C25H30N2O6/c1-15(32-4)22(23(30)27-25(2,3)13-21(28)29)26-24(31)33-14-20-18-11-7-5-9-16(18)17-10-6-8-12-19(17)20/h5-12,15,20,22H,13-14H2,1-4H3,(H,26,31)(H,27,30)(H,28,29). The van der Waals surface area contributed by atoms with Gasteiger partial charge >= 0.3 is 12.1 Å². The van der Waals surface area contributed by atoms with Crippen molar-refractivity contribution < 1.29 is 29.0 Å². The molecule has 8 heteroatoms. The SMILES string of the molecule is COC(C)C(NC(=O)OCC1c2ccccc2-c2ccccc21)C(=O)NC(C)(C)CC(=O)O. The lowest BCUT2D eigenvalue weighted by molar-refractivity contribution is -0.139. The smallest absolute Gasteiger partial charge is 0.407 e. The van der Waals surface area contributed by atoms with E-state index in [1.54, 1.807) is 20.8 Å². The second-order valence-electron chi connectivity index (χ2n) is 8.83. The lowest BCUT2D eigenvalue weighted by atomic mass is 9.98. The highest BCUT2D eigenvalue weighted by Crippen LogP contribution is 2.44. The highest BCUT2D eigenvalue weighted by molar-refractivity contribution is 5.87. The summed E-state index contributed by atoms with van der Waals surface area (Å²) in [4.78, 5) is 36.5. The molecule has 2 unspecified atom stereocenters. The Hall–Kier alpha value is -3.39. The van der Waals surface area contributed by atoms with Crippen LogP contribution in [0, 0.1) is 0 Å². The van der Waals surface area contributed by atoms with E-state index >= 15 is 0 Å². The minimum absolute atomic E-state index is 0.107. The summed E-state index contributed by atoms with van der Waals surface area (Å²) in [6.07, 6.45) is -1.68. The van der Waals surface area contributed by atoms with Gasteiger partial charge in [-0.25, -0.2) is 4.79 Å². The number of methoxy groups -OCH3 is 1. The van der Waals surface area contributed by atoms with Crippen LogP contribution >= 0.6 is 0 Å². The number of fused-ring (bicyclic) bond motifs is 3. The molecule has 0 aromatic heterocycles. The van der Waals surface area contributed by atoms with Crippen LogP contribution in [0.1, 0.15) is 44.2 Å². The van der Waals surface area contributed by atoms with Crippen molar-refractivity contribution in [3.05, 3.63) is 59.7 Å². The van der Waals surface area contributed by atoms with E-state index in [0.717, 1.165) is 22.3 Å². The number of hydrogen-bond donors (Lipinski definition) is 3. The van der Waals surface area contributed by atoms with Crippen LogP contribution in [-0.4, -0.2) is 54.5 Å². The van der Waals surface area contributed by atoms with E-state index in [4.69, 9.17) is 14.6 Å². The number of carbonyl (C=O) groups is 3. The van der Waals surface area contributed by atoms with Gasteiger partial charge in [0.05, 0.1) is 12.5 Å². The van der Waals surface area contributed by atoms with Gasteiger partial charge < -0.3 is 25.2 Å². The third kappa shape index (κ3) is 5.70. The van der Waals surface area contributed by atoms with E-state index in [9.17, 15) is 14.4 Å². The summed E-state index contributed by atoms with van der Waals surface area (Å²) < 4.78 is 10.8. The molecule has 2 aromatic rings. The zero-order valence-electron chi connectivity index (χ0n) is 19.3. The van der Waals surface area contributed by atoms with Gasteiger partial charge in [0.1, 0.15) is 12.6 Å². The van der Waals surface area contributed by atoms with Crippen LogP contribution in [0.25, 0.3) is 11.1 Å². The van der Waals surface area contributed by atoms with Gasteiger partial charge in [-0.1, -0.05) is 48.5 Å². The van der Waals surface area contributed by atoms with E-state index in [0.29, 0.717) is 0 Å². The number of nitrogens with one attached hydrogen (secondary N) is 2. The highest BCUT2D eigenvalue weighted by Gasteiger charge is 2.34. The summed E-state index contributed by atoms with van der Waals surface area (Å²) in [5.74, 6) is -1.70. The van der Waals surface area contributed by atoms with Crippen molar-refractivity contribution in [3.63, 3.8) is 0 Å². The number of benzene rings is 2. The van der Waals surface area contributed by atoms with Crippen LogP contribution in [0.15, 0.2) is 48.5 Å². The summed E-state index contributed by atoms with van der Waals surface area (Å²) in [6.45, 7) is 4.94. The number of ether oxygens (including phenoxy) is 2. The third-order valence-corrected chi connectivity index (χ3v) is 5.80. The molecule has 2 aromatic carbocycles. The molecule has 0 spiro atoms. The van der Waals surface area contributed by atoms with Crippen molar-refractivity contribution in [2.75, 3.05) is 13.7 Å². The van der Waals surface area contributed by atoms with Crippen LogP contribution in [0.4, 0.5) is 4.79 Å². The van der Waals surface area contributed by atoms with Gasteiger partial charge in [-0.3, -0.25) is 9.59 Å². The fraction of sp³-hybridized carbons (Fsp3) is 0.400. The average molecular weight is 455 g/mol. The maximum Gasteiger partial charge on any atom is 0.407 e. The van der Waals surface area contributed by atoms with Gasteiger partial charge in [0, 0.05) is 18.6 Å². The van der Waals surface area contributed by atoms with Crippen LogP contribution < -0.4 is 10.6 Å². The third-order valence-electron chi connectivity index (χ3n) is 5.80. The van der Waals surface area contributed by atoms with Gasteiger partial charge in [-0.2, -0.15) is 0 Å². The van der Waals surface area contributed by atoms with E-state index in [1.165, 1.54) is 7.11 Å². The molecule has 0 heterocycles. The van der Waals surface area contributed by atoms with Crippen molar-refractivity contribution in [1.29, 1.82) is 0 Å². The molecule has 1 aliphatic rings. The summed E-state index contributed by atoms with van der Waals surface area (Å²) in [5.41, 5.74) is 3.40. The van der Waals surface area contributed by atoms with Crippen molar-refractivity contribution in [1.82, 2.24) is 10.6 Å². The lowest BCUT2D eigenvalue weighted by Gasteiger charge is -2.29. The van der Waals surface area contributed by atoms with E-state index in [-0.39, 0.29) is 18.9 Å². The first-order chi connectivity index (χ1) is 15.6. The van der Waals surface area contributed by atoms with Gasteiger partial charge in [-0.15, -0.1) is 0 Å². The average Bonchev–Trinajstić information content (AvgIpc) is 3.08. The second kappa shape index (κ2) is 10.0. The van der Waals surface area contributed by atoms with Crippen molar-refractivity contribution >= 4 is 18.0 Å². The van der Waals surface area contributed by atoms with Gasteiger partial charge in [0.15, 0.2) is 0 Å². The Kier molecular flexibility index (Phi) is 7.38. The van der Waals surface area contributed by atoms with Crippen molar-refractivity contribution in [2.24, 2.45) is 0 Å². The molecule has 2 amide bonds. The maximum absolute atomic E-state index is 12.8. The van der Waals surface area contributed by atoms with E-state index < -0.39 is 35.7 Å². The van der Waals surface area contributed by atoms with E-state index in [1.807, 2.05) is 48.5 Å². The molecular weight excluding hydrogens is 424 g/mol. The molecule has 176 valence electrons. The van der Waals surface area contributed by atoms with Crippen LogP contribution in [-0.2, 0) is 19.1 Å². The monoisotopic (exact) mass is 454 g/mol. The quantitative estimate of drug-likeness (QED) is 0.536. The number of hydrogen-bond acceptors (Lipinski definition) is 5. The van der Waals surface area contributed by atoms with Crippen molar-refractivity contribution in [3.8, 4) is 11.1 Å². The van der Waals surface area contributed by atoms with Crippen LogP contribution in [0.2, 0.25) is 0 Å². The molecule has 0 bridgehead atoms. The fourth-order valence-corrected chi connectivity index (χ4v) is 4.13. The molecule has 0 radical (unpaired) electrons. The number of carboxylic acids is 1. The Morgan fingerprint density at radius 2 is 1.58 bits per heavy atom. The second-order valence-corrected chi connectivity index (χ2v) is 8.83. The topological polar surface area (TPSA) is 114 Å². The number of alkyl carbamates (subject to hydrolysis) is 1. The molecule has 1 aliphatic carbocycles. The predicted octanol–water partition coefficient (Wildman–Crippen LogP) is 3.30. The summed E-state index contributed by atoms with van der Waals surface area (Å²) in [6, 6.07) is 15.0. The first kappa shape index (κ1) is 24.3. The van der Waals surface area contributed by atoms with Crippen molar-refractivity contribution in [2.45, 2.75) is 50.8 Å². The minimum atomic E-state index is -1.06. The summed E-state index contributed by atoms with van der Waals surface area (Å²) in [5, 5.41) is 14.3. The Bertz CT molecular complexity index is 990. The fourth-order valence-electron chi connectivity index (χ4n) is 4.13. The summed E-state index contributed by atoms with van der Waals surface area (Å²) >= 11 is 0. The molecule has 3 rings (SSSR count). The molecule has 8 nitrogen and oxygen atoms in total. The number of carbonyl (C=O) groups excluding carboxylic acids is 2. The Labute approximate surface area is 193 Å². The van der Waals surface area contributed by atoms with Crippen LogP contribution in [0.5, 0.6) is 0 Å². The van der Waals surface area contributed by atoms with E-state index in [2.05, 4.69) is 10.6 Å². The van der Waals surface area contributed by atoms with Gasteiger partial charge in [0.2, 0.25) is 5.91 Å². The maximum atomic E-state index is 12.8. The Morgan fingerprint density at radius 3 is 2.09 bits per heavy atom. The zero-order valence-corrected chi connectivity index (χ0v) is 19.3. The molecule has 0 aliphatic heterocycles. The predicted molar refractivity (Wildman–Crippen MR) is 123 cm³/mol. The number of carboxylic acid groups (broad SMARTS) is 1. The molecule has 2 atom stereocenters. The van der Waals surface area contributed by atoms with Crippen LogP contribution in [0.3, 0.4) is 0 Å². The summed E-state index contributed by atoms with van der Waals surface area (Å²) in [7, 11) is 1.42. The zero-order chi connectivity index (χ0) is 24.2. The number of rotatable bonds is 9. The molecule has 0 saturated carbocycles. The minimum Gasteiger partial charge on any atom is -0.481 e. The highest BCUT2D eigenvalue weighted by atomic mass is 16.5. The number of amides is 2. The number of aliphatic carboxylic acids is 1. The molecule has 0 saturated heterocycles. The first-order valence-corrected chi connectivity index (χ1v) is 10.8. The largest absolute Gasteiger partial charge is 0.481 e. The molecule has 0 fully saturated rings. The van der Waals surface area contributed by atoms with Gasteiger partial charge in [0.25, 0.3) is 0 Å².